The lowest BCUT2D eigenvalue weighted by Crippen LogP contribution is -2.47. The molecule has 1 N–H and O–H groups in total. The minimum atomic E-state index is 0.793. The number of piperidine rings is 1. The zero-order valence-electron chi connectivity index (χ0n) is 11.9. The average Bonchev–Trinajstić information content (AvgIpc) is 3.18. The number of nitrogens with zero attached hydrogens (tertiary/aromatic N) is 2. The highest BCUT2D eigenvalue weighted by Crippen LogP contribution is 2.33. The van der Waals surface area contributed by atoms with Gasteiger partial charge in [-0.05, 0) is 64.7 Å². The molecular weight excluding hydrogens is 222 g/mol. The van der Waals surface area contributed by atoms with Gasteiger partial charge in [-0.15, -0.1) is 0 Å². The van der Waals surface area contributed by atoms with Crippen molar-refractivity contribution in [3.63, 3.8) is 0 Å². The molecule has 2 unspecified atom stereocenters. The third-order valence-corrected chi connectivity index (χ3v) is 5.09. The number of nitrogens with one attached hydrogen (secondary N) is 1. The van der Waals surface area contributed by atoms with Gasteiger partial charge in [-0.1, -0.05) is 6.42 Å². The molecule has 0 spiro atoms. The van der Waals surface area contributed by atoms with Crippen LogP contribution >= 0.6 is 0 Å². The number of rotatable bonds is 3. The quantitative estimate of drug-likeness (QED) is 0.821. The highest BCUT2D eigenvalue weighted by molar-refractivity contribution is 4.91. The molecule has 0 radical (unpaired) electrons. The van der Waals surface area contributed by atoms with E-state index < -0.39 is 0 Å². The van der Waals surface area contributed by atoms with Crippen molar-refractivity contribution in [3.8, 4) is 0 Å². The standard InChI is InChI=1S/C15H29N3/c1-17-9-3-2-5-14(17)11-18-10-4-8-16-15(12-18)13-6-7-13/h13-16H,2-12H2,1H3. The molecule has 2 heterocycles. The van der Waals surface area contributed by atoms with Crippen molar-refractivity contribution < 1.29 is 0 Å². The fourth-order valence-corrected chi connectivity index (χ4v) is 3.68. The van der Waals surface area contributed by atoms with Gasteiger partial charge in [0.1, 0.15) is 0 Å². The Bertz CT molecular complexity index is 264. The van der Waals surface area contributed by atoms with Gasteiger partial charge in [0.05, 0.1) is 0 Å². The number of likely N-dealkylation sites (tertiary alicyclic amines) is 1. The van der Waals surface area contributed by atoms with E-state index in [4.69, 9.17) is 0 Å². The van der Waals surface area contributed by atoms with E-state index >= 15 is 0 Å². The van der Waals surface area contributed by atoms with Gasteiger partial charge < -0.3 is 15.1 Å². The molecule has 3 nitrogen and oxygen atoms in total. The van der Waals surface area contributed by atoms with Crippen molar-refractivity contribution in [2.75, 3.05) is 39.8 Å². The molecule has 18 heavy (non-hydrogen) atoms. The second kappa shape index (κ2) is 5.89. The molecule has 1 aliphatic carbocycles. The molecule has 3 fully saturated rings. The molecule has 0 aromatic carbocycles. The first-order chi connectivity index (χ1) is 8.83. The predicted octanol–water partition coefficient (Wildman–Crippen LogP) is 1.54. The van der Waals surface area contributed by atoms with Gasteiger partial charge in [-0.2, -0.15) is 0 Å². The molecule has 0 aromatic rings. The van der Waals surface area contributed by atoms with E-state index in [0.29, 0.717) is 0 Å². The van der Waals surface area contributed by atoms with Crippen LogP contribution in [0.2, 0.25) is 0 Å². The molecule has 2 atom stereocenters. The van der Waals surface area contributed by atoms with Crippen LogP contribution in [0.5, 0.6) is 0 Å². The topological polar surface area (TPSA) is 18.5 Å². The van der Waals surface area contributed by atoms with Crippen molar-refractivity contribution in [2.24, 2.45) is 5.92 Å². The van der Waals surface area contributed by atoms with Crippen LogP contribution in [0.1, 0.15) is 38.5 Å². The van der Waals surface area contributed by atoms with Gasteiger partial charge in [-0.25, -0.2) is 0 Å². The molecule has 2 aliphatic heterocycles. The third kappa shape index (κ3) is 3.25. The lowest BCUT2D eigenvalue weighted by atomic mass is 10.0. The zero-order chi connectivity index (χ0) is 12.4. The number of likely N-dealkylation sites (N-methyl/N-ethyl adjacent to an activating group) is 1. The van der Waals surface area contributed by atoms with E-state index in [1.54, 1.807) is 0 Å². The van der Waals surface area contributed by atoms with E-state index in [1.165, 1.54) is 71.2 Å². The summed E-state index contributed by atoms with van der Waals surface area (Å²) in [7, 11) is 2.32. The van der Waals surface area contributed by atoms with Gasteiger partial charge in [0.15, 0.2) is 0 Å². The summed E-state index contributed by atoms with van der Waals surface area (Å²) >= 11 is 0. The lowest BCUT2D eigenvalue weighted by molar-refractivity contribution is 0.125. The first-order valence-electron chi connectivity index (χ1n) is 7.99. The van der Waals surface area contributed by atoms with Crippen molar-refractivity contribution in [1.29, 1.82) is 0 Å². The largest absolute Gasteiger partial charge is 0.312 e. The third-order valence-electron chi connectivity index (χ3n) is 5.09. The first kappa shape index (κ1) is 12.9. The van der Waals surface area contributed by atoms with Crippen LogP contribution in [0.4, 0.5) is 0 Å². The molecule has 0 amide bonds. The number of hydrogen-bond donors (Lipinski definition) is 1. The van der Waals surface area contributed by atoms with E-state index in [0.717, 1.165) is 18.0 Å². The summed E-state index contributed by atoms with van der Waals surface area (Å²) in [5.74, 6) is 0.995. The van der Waals surface area contributed by atoms with Crippen LogP contribution in [-0.2, 0) is 0 Å². The van der Waals surface area contributed by atoms with Crippen LogP contribution in [-0.4, -0.2) is 61.7 Å². The van der Waals surface area contributed by atoms with Crippen molar-refractivity contribution in [2.45, 2.75) is 50.6 Å². The van der Waals surface area contributed by atoms with Crippen LogP contribution in [0.3, 0.4) is 0 Å². The molecule has 2 saturated heterocycles. The summed E-state index contributed by atoms with van der Waals surface area (Å²) in [6.07, 6.45) is 8.52. The molecule has 0 bridgehead atoms. The van der Waals surface area contributed by atoms with Gasteiger partial charge in [0.2, 0.25) is 0 Å². The van der Waals surface area contributed by atoms with E-state index in [-0.39, 0.29) is 0 Å². The summed E-state index contributed by atoms with van der Waals surface area (Å²) in [4.78, 5) is 5.34. The Morgan fingerprint density at radius 1 is 1.06 bits per heavy atom. The van der Waals surface area contributed by atoms with Crippen LogP contribution in [0.15, 0.2) is 0 Å². The molecule has 3 rings (SSSR count). The Hall–Kier alpha value is -0.120. The lowest BCUT2D eigenvalue weighted by Gasteiger charge is -2.36. The maximum atomic E-state index is 3.77. The maximum absolute atomic E-state index is 3.77. The molecule has 3 heteroatoms. The van der Waals surface area contributed by atoms with Crippen LogP contribution < -0.4 is 5.32 Å². The van der Waals surface area contributed by atoms with E-state index in [2.05, 4.69) is 22.2 Å². The Morgan fingerprint density at radius 2 is 1.94 bits per heavy atom. The fraction of sp³-hybridized carbons (Fsp3) is 1.00. The van der Waals surface area contributed by atoms with Crippen LogP contribution in [0.25, 0.3) is 0 Å². The molecular formula is C15H29N3. The normalized spacial score (nSPS) is 36.5. The smallest absolute Gasteiger partial charge is 0.0223 e. The minimum Gasteiger partial charge on any atom is -0.312 e. The monoisotopic (exact) mass is 251 g/mol. The molecule has 104 valence electrons. The van der Waals surface area contributed by atoms with Gasteiger partial charge >= 0.3 is 0 Å². The van der Waals surface area contributed by atoms with Gasteiger partial charge in [-0.3, -0.25) is 0 Å². The summed E-state index contributed by atoms with van der Waals surface area (Å²) in [6.45, 7) is 6.46. The van der Waals surface area contributed by atoms with E-state index in [1.807, 2.05) is 0 Å². The van der Waals surface area contributed by atoms with Crippen molar-refractivity contribution >= 4 is 0 Å². The Labute approximate surface area is 112 Å². The average molecular weight is 251 g/mol. The van der Waals surface area contributed by atoms with Gasteiger partial charge in [0, 0.05) is 25.2 Å². The SMILES string of the molecule is CN1CCCCC1CN1CCCNC(C2CC2)C1. The highest BCUT2D eigenvalue weighted by Gasteiger charge is 2.33. The number of hydrogen-bond acceptors (Lipinski definition) is 3. The Kier molecular flexibility index (Phi) is 4.22. The Morgan fingerprint density at radius 3 is 2.72 bits per heavy atom. The molecule has 0 aromatic heterocycles. The molecule has 3 aliphatic rings. The second-order valence-electron chi connectivity index (χ2n) is 6.64. The zero-order valence-corrected chi connectivity index (χ0v) is 11.9. The fourth-order valence-electron chi connectivity index (χ4n) is 3.68. The summed E-state index contributed by atoms with van der Waals surface area (Å²) in [6, 6.07) is 1.61. The summed E-state index contributed by atoms with van der Waals surface area (Å²) in [5.41, 5.74) is 0. The predicted molar refractivity (Wildman–Crippen MR) is 75.8 cm³/mol. The minimum absolute atomic E-state index is 0.793. The summed E-state index contributed by atoms with van der Waals surface area (Å²) in [5, 5.41) is 3.77. The molecule has 1 saturated carbocycles. The van der Waals surface area contributed by atoms with Crippen molar-refractivity contribution in [1.82, 2.24) is 15.1 Å². The second-order valence-corrected chi connectivity index (χ2v) is 6.64. The Balaban J connectivity index is 1.53. The van der Waals surface area contributed by atoms with Crippen molar-refractivity contribution in [3.05, 3.63) is 0 Å². The summed E-state index contributed by atoms with van der Waals surface area (Å²) < 4.78 is 0. The maximum Gasteiger partial charge on any atom is 0.0223 e. The van der Waals surface area contributed by atoms with E-state index in [9.17, 15) is 0 Å². The first-order valence-corrected chi connectivity index (χ1v) is 7.99. The highest BCUT2D eigenvalue weighted by atomic mass is 15.2. The van der Waals surface area contributed by atoms with Gasteiger partial charge in [0.25, 0.3) is 0 Å². The van der Waals surface area contributed by atoms with Crippen LogP contribution in [0, 0.1) is 5.92 Å².